The number of aliphatic hydroxyl groups is 10. The van der Waals surface area contributed by atoms with Crippen LogP contribution in [0.2, 0.25) is 0 Å². The van der Waals surface area contributed by atoms with E-state index in [1.165, 1.54) is 0 Å². The number of aliphatic hydroxyl groups excluding tert-OH is 10. The maximum Gasteiger partial charge on any atom is 0.217 e. The number of hydrogen-bond donors (Lipinski definition) is 11. The molecule has 2 rings (SSSR count). The minimum atomic E-state index is -2.08. The second-order valence-electron chi connectivity index (χ2n) is 8.71. The number of carbonyl (C=O) groups excluding carboxylic acids is 2. The number of rotatable bonds is 12. The molecule has 14 atom stereocenters. The van der Waals surface area contributed by atoms with Gasteiger partial charge in [-0.3, -0.25) is 4.79 Å². The zero-order valence-corrected chi connectivity index (χ0v) is 19.7. The highest BCUT2D eigenvalue weighted by Crippen LogP contribution is 2.31. The predicted octanol–water partition coefficient (Wildman–Crippen LogP) is -7.59. The fourth-order valence-electron chi connectivity index (χ4n) is 3.99. The minimum Gasteiger partial charge on any atom is -0.394 e. The van der Waals surface area contributed by atoms with Crippen LogP contribution in [0.15, 0.2) is 0 Å². The average Bonchev–Trinajstić information content (AvgIpc) is 2.88. The van der Waals surface area contributed by atoms with Crippen LogP contribution < -0.4 is 5.32 Å². The summed E-state index contributed by atoms with van der Waals surface area (Å²) in [7, 11) is 0. The van der Waals surface area contributed by atoms with Gasteiger partial charge in [-0.1, -0.05) is 0 Å². The Kier molecular flexibility index (Phi) is 12.1. The van der Waals surface area contributed by atoms with Crippen molar-refractivity contribution in [2.75, 3.05) is 19.8 Å². The summed E-state index contributed by atoms with van der Waals surface area (Å²) in [5.74, 6) is -0.748. The molecule has 216 valence electrons. The van der Waals surface area contributed by atoms with Gasteiger partial charge in [-0.2, -0.15) is 0 Å². The molecule has 2 aliphatic rings. The molecule has 2 heterocycles. The Morgan fingerprint density at radius 2 is 1.49 bits per heavy atom. The second kappa shape index (κ2) is 14.1. The van der Waals surface area contributed by atoms with Crippen molar-refractivity contribution in [1.82, 2.24) is 5.32 Å². The first-order valence-corrected chi connectivity index (χ1v) is 11.3. The third-order valence-electron chi connectivity index (χ3n) is 6.05. The first-order chi connectivity index (χ1) is 17.4. The lowest BCUT2D eigenvalue weighted by Crippen LogP contribution is -2.69. The van der Waals surface area contributed by atoms with Gasteiger partial charge in [-0.25, -0.2) is 0 Å². The Bertz CT molecular complexity index is 728. The molecule has 17 nitrogen and oxygen atoms in total. The normalized spacial score (nSPS) is 39.9. The molecule has 17 heteroatoms. The summed E-state index contributed by atoms with van der Waals surface area (Å²) in [5, 5.41) is 102. The molecular weight excluding hydrogens is 510 g/mol. The third-order valence-corrected chi connectivity index (χ3v) is 6.05. The molecule has 0 radical (unpaired) electrons. The van der Waals surface area contributed by atoms with Crippen molar-refractivity contribution < 1.29 is 79.6 Å². The Balaban J connectivity index is 2.41. The van der Waals surface area contributed by atoms with Crippen LogP contribution in [0.5, 0.6) is 0 Å². The fraction of sp³-hybridized carbons (Fsp3) is 0.900. The van der Waals surface area contributed by atoms with E-state index in [4.69, 9.17) is 24.1 Å². The zero-order valence-electron chi connectivity index (χ0n) is 19.7. The van der Waals surface area contributed by atoms with Crippen LogP contribution in [0, 0.1) is 0 Å². The lowest BCUT2D eigenvalue weighted by molar-refractivity contribution is -0.351. The molecule has 0 spiro atoms. The summed E-state index contributed by atoms with van der Waals surface area (Å²) in [6.45, 7) is -1.61. The summed E-state index contributed by atoms with van der Waals surface area (Å²) >= 11 is 0. The van der Waals surface area contributed by atoms with Crippen molar-refractivity contribution in [1.29, 1.82) is 0 Å². The van der Waals surface area contributed by atoms with E-state index in [2.05, 4.69) is 5.32 Å². The first-order valence-electron chi connectivity index (χ1n) is 11.3. The van der Waals surface area contributed by atoms with E-state index in [-0.39, 0.29) is 6.29 Å². The van der Waals surface area contributed by atoms with Gasteiger partial charge in [0.2, 0.25) is 5.91 Å². The highest BCUT2D eigenvalue weighted by atomic mass is 16.7. The second-order valence-corrected chi connectivity index (χ2v) is 8.71. The van der Waals surface area contributed by atoms with Crippen LogP contribution in [0.3, 0.4) is 0 Å². The van der Waals surface area contributed by atoms with Crippen LogP contribution in [-0.4, -0.2) is 169 Å². The van der Waals surface area contributed by atoms with Gasteiger partial charge in [0, 0.05) is 6.92 Å². The fourth-order valence-corrected chi connectivity index (χ4v) is 3.99. The Hall–Kier alpha value is -1.42. The summed E-state index contributed by atoms with van der Waals surface area (Å²) < 4.78 is 21.8. The number of hydrogen-bond acceptors (Lipinski definition) is 16. The van der Waals surface area contributed by atoms with Gasteiger partial charge in [0.1, 0.15) is 73.2 Å². The van der Waals surface area contributed by atoms with Gasteiger partial charge in [0.05, 0.1) is 19.8 Å². The number of ether oxygens (including phenoxy) is 4. The topological polar surface area (TPSA) is 285 Å². The molecule has 11 N–H and O–H groups in total. The van der Waals surface area contributed by atoms with Gasteiger partial charge in [0.15, 0.2) is 18.9 Å². The van der Waals surface area contributed by atoms with Crippen LogP contribution in [0.25, 0.3) is 0 Å². The smallest absolute Gasteiger partial charge is 0.217 e. The van der Waals surface area contributed by atoms with Crippen molar-refractivity contribution in [3.63, 3.8) is 0 Å². The van der Waals surface area contributed by atoms with E-state index in [9.17, 15) is 55.5 Å². The van der Waals surface area contributed by atoms with Gasteiger partial charge >= 0.3 is 0 Å². The molecule has 0 aliphatic carbocycles. The molecule has 1 amide bonds. The van der Waals surface area contributed by atoms with Crippen molar-refractivity contribution in [2.24, 2.45) is 0 Å². The summed E-state index contributed by atoms with van der Waals surface area (Å²) in [6, 6.07) is -1.57. The molecule has 0 unspecified atom stereocenters. The van der Waals surface area contributed by atoms with E-state index in [0.717, 1.165) is 6.92 Å². The Morgan fingerprint density at radius 3 is 2.00 bits per heavy atom. The monoisotopic (exact) mass is 545 g/mol. The number of carbonyl (C=O) groups is 2. The van der Waals surface area contributed by atoms with Gasteiger partial charge < -0.3 is 80.1 Å². The van der Waals surface area contributed by atoms with Crippen molar-refractivity contribution in [2.45, 2.75) is 92.7 Å². The lowest BCUT2D eigenvalue weighted by atomic mass is 9.95. The molecule has 0 aromatic rings. The van der Waals surface area contributed by atoms with Crippen molar-refractivity contribution >= 4 is 12.2 Å². The van der Waals surface area contributed by atoms with Crippen LogP contribution in [-0.2, 0) is 28.5 Å². The van der Waals surface area contributed by atoms with Gasteiger partial charge in [0.25, 0.3) is 0 Å². The van der Waals surface area contributed by atoms with Crippen LogP contribution in [0.1, 0.15) is 6.92 Å². The zero-order chi connectivity index (χ0) is 28.0. The Morgan fingerprint density at radius 1 is 0.919 bits per heavy atom. The lowest BCUT2D eigenvalue weighted by Gasteiger charge is -2.48. The summed E-state index contributed by atoms with van der Waals surface area (Å²) in [6.07, 6.45) is -23.5. The SMILES string of the molecule is CC(=O)N[C@H]1[C@H](O[C@@H]([C@@H](O)[C@H](O)CO)[C@@H](O)C=O)O[C@H](CO)[C@@H](O)[C@@H]1O[C@@H]1O[C@H](CO)[C@H](O)[C@H](O)[C@H]1O. The maximum atomic E-state index is 12.0. The van der Waals surface area contributed by atoms with E-state index >= 15 is 0 Å². The molecule has 2 saturated heterocycles. The molecule has 0 aromatic heterocycles. The van der Waals surface area contributed by atoms with E-state index in [1.807, 2.05) is 0 Å². The van der Waals surface area contributed by atoms with Crippen molar-refractivity contribution in [3.8, 4) is 0 Å². The summed E-state index contributed by atoms with van der Waals surface area (Å²) in [4.78, 5) is 23.2. The van der Waals surface area contributed by atoms with E-state index in [1.54, 1.807) is 0 Å². The quantitative estimate of drug-likeness (QED) is 0.102. The highest BCUT2D eigenvalue weighted by molar-refractivity contribution is 5.73. The number of aldehydes is 1. The molecule has 2 aliphatic heterocycles. The highest BCUT2D eigenvalue weighted by Gasteiger charge is 2.52. The van der Waals surface area contributed by atoms with Gasteiger partial charge in [-0.15, -0.1) is 0 Å². The van der Waals surface area contributed by atoms with E-state index < -0.39 is 111 Å². The Labute approximate surface area is 210 Å². The number of amides is 1. The van der Waals surface area contributed by atoms with Gasteiger partial charge in [-0.05, 0) is 0 Å². The molecule has 0 aromatic carbocycles. The predicted molar refractivity (Wildman–Crippen MR) is 114 cm³/mol. The van der Waals surface area contributed by atoms with Crippen LogP contribution in [0.4, 0.5) is 0 Å². The molecule has 37 heavy (non-hydrogen) atoms. The average molecular weight is 545 g/mol. The standard InChI is InChI=1S/C20H35NO16/c1-6(26)21-11-18(37-20-16(33)15(32)13(30)9(4-24)35-20)14(31)10(5-25)34-19(11)36-17(8(28)3-23)12(29)7(27)2-22/h3,7-20,22,24-25,27-33H,2,4-5H2,1H3,(H,21,26)/t7-,8+,9-,10-,11-,12+,13+,14-,15+,16-,17-,18-,19+,20+/m1/s1. The van der Waals surface area contributed by atoms with E-state index in [0.29, 0.717) is 0 Å². The molecule has 0 bridgehead atoms. The first kappa shape index (κ1) is 31.8. The number of nitrogens with one attached hydrogen (secondary N) is 1. The maximum absolute atomic E-state index is 12.0. The van der Waals surface area contributed by atoms with Crippen molar-refractivity contribution in [3.05, 3.63) is 0 Å². The molecule has 0 saturated carbocycles. The largest absolute Gasteiger partial charge is 0.394 e. The molecular formula is C20H35NO16. The third kappa shape index (κ3) is 7.37. The van der Waals surface area contributed by atoms with Crippen LogP contribution >= 0.6 is 0 Å². The molecule has 2 fully saturated rings. The minimum absolute atomic E-state index is 0.0471. The summed E-state index contributed by atoms with van der Waals surface area (Å²) in [5.41, 5.74) is 0.